The smallest absolute Gasteiger partial charge is 0.135 e. The Hall–Kier alpha value is -1.54. The first-order valence-electron chi connectivity index (χ1n) is 5.97. The third kappa shape index (κ3) is 1.69. The summed E-state index contributed by atoms with van der Waals surface area (Å²) in [4.78, 5) is 0. The fraction of sp³-hybridized carbons (Fsp3) is 0.200. The van der Waals surface area contributed by atoms with Gasteiger partial charge in [-0.3, -0.25) is 0 Å². The van der Waals surface area contributed by atoms with Gasteiger partial charge >= 0.3 is 0 Å². The topological polar surface area (TPSA) is 13.1 Å². The Morgan fingerprint density at radius 3 is 2.29 bits per heavy atom. The molecule has 86 valence electrons. The van der Waals surface area contributed by atoms with Crippen molar-refractivity contribution < 1.29 is 4.42 Å². The predicted octanol–water partition coefficient (Wildman–Crippen LogP) is 4.13. The molecule has 0 spiro atoms. The number of furan rings is 1. The molecular formula is C15H16OSi. The summed E-state index contributed by atoms with van der Waals surface area (Å²) in [5, 5.41) is 3.96. The molecule has 1 aromatic heterocycles. The second-order valence-electron chi connectivity index (χ2n) is 5.56. The van der Waals surface area contributed by atoms with Gasteiger partial charge in [-0.1, -0.05) is 55.2 Å². The lowest BCUT2D eigenvalue weighted by atomic mass is 10.1. The van der Waals surface area contributed by atoms with Crippen molar-refractivity contribution in [2.45, 2.75) is 19.6 Å². The van der Waals surface area contributed by atoms with E-state index in [1.807, 2.05) is 12.1 Å². The molecule has 0 bridgehead atoms. The fourth-order valence-electron chi connectivity index (χ4n) is 2.19. The van der Waals surface area contributed by atoms with Crippen molar-refractivity contribution in [3.05, 3.63) is 42.5 Å². The Bertz CT molecular complexity index is 689. The standard InChI is InChI=1S/C15H16OSi/c1-17(2,3)11-8-9-15-13(10-11)12-6-4-5-7-14(12)16-15/h4-10H,1-3H3. The van der Waals surface area contributed by atoms with Gasteiger partial charge in [0.1, 0.15) is 11.2 Å². The lowest BCUT2D eigenvalue weighted by Gasteiger charge is -2.16. The Labute approximate surface area is 102 Å². The molecule has 17 heavy (non-hydrogen) atoms. The van der Waals surface area contributed by atoms with Crippen molar-refractivity contribution in [1.82, 2.24) is 0 Å². The number of rotatable bonds is 1. The molecule has 0 radical (unpaired) electrons. The molecule has 0 fully saturated rings. The van der Waals surface area contributed by atoms with Crippen LogP contribution >= 0.6 is 0 Å². The van der Waals surface area contributed by atoms with Gasteiger partial charge < -0.3 is 4.42 Å². The highest BCUT2D eigenvalue weighted by atomic mass is 28.3. The van der Waals surface area contributed by atoms with Gasteiger partial charge in [0.2, 0.25) is 0 Å². The minimum absolute atomic E-state index is 0.982. The maximum absolute atomic E-state index is 5.84. The van der Waals surface area contributed by atoms with E-state index >= 15 is 0 Å². The molecule has 0 saturated heterocycles. The molecule has 0 saturated carbocycles. The van der Waals surface area contributed by atoms with Crippen LogP contribution < -0.4 is 5.19 Å². The number of hydrogen-bond acceptors (Lipinski definition) is 1. The zero-order valence-corrected chi connectivity index (χ0v) is 11.4. The summed E-state index contributed by atoms with van der Waals surface area (Å²) >= 11 is 0. The largest absolute Gasteiger partial charge is 0.456 e. The minimum Gasteiger partial charge on any atom is -0.456 e. The average molecular weight is 240 g/mol. The van der Waals surface area contributed by atoms with E-state index in [0.29, 0.717) is 0 Å². The summed E-state index contributed by atoms with van der Waals surface area (Å²) < 4.78 is 5.84. The lowest BCUT2D eigenvalue weighted by molar-refractivity contribution is 0.669. The SMILES string of the molecule is C[Si](C)(C)c1ccc2oc3ccccc3c2c1. The highest BCUT2D eigenvalue weighted by Gasteiger charge is 2.17. The van der Waals surface area contributed by atoms with Gasteiger partial charge in [-0.05, 0) is 12.1 Å². The van der Waals surface area contributed by atoms with Gasteiger partial charge in [-0.15, -0.1) is 0 Å². The summed E-state index contributed by atoms with van der Waals surface area (Å²) in [5.74, 6) is 0. The predicted molar refractivity (Wildman–Crippen MR) is 76.7 cm³/mol. The van der Waals surface area contributed by atoms with Crippen molar-refractivity contribution in [3.8, 4) is 0 Å². The van der Waals surface area contributed by atoms with E-state index in [9.17, 15) is 0 Å². The van der Waals surface area contributed by atoms with E-state index in [1.165, 1.54) is 16.0 Å². The third-order valence-electron chi connectivity index (χ3n) is 3.24. The molecule has 0 N–H and O–H groups in total. The molecule has 3 aromatic rings. The Balaban J connectivity index is 2.38. The van der Waals surface area contributed by atoms with Gasteiger partial charge in [0, 0.05) is 10.8 Å². The van der Waals surface area contributed by atoms with Crippen molar-refractivity contribution in [2.75, 3.05) is 0 Å². The zero-order chi connectivity index (χ0) is 12.0. The number of para-hydroxylation sites is 1. The molecule has 0 aliphatic rings. The zero-order valence-electron chi connectivity index (χ0n) is 10.4. The van der Waals surface area contributed by atoms with E-state index in [-0.39, 0.29) is 0 Å². The van der Waals surface area contributed by atoms with Crippen LogP contribution in [-0.4, -0.2) is 8.07 Å². The quantitative estimate of drug-likeness (QED) is 0.583. The fourth-order valence-corrected chi connectivity index (χ4v) is 3.35. The Morgan fingerprint density at radius 2 is 1.53 bits per heavy atom. The van der Waals surface area contributed by atoms with Gasteiger partial charge in [0.15, 0.2) is 0 Å². The Morgan fingerprint density at radius 1 is 0.824 bits per heavy atom. The Kier molecular flexibility index (Phi) is 2.17. The second kappa shape index (κ2) is 3.47. The van der Waals surface area contributed by atoms with Crippen molar-refractivity contribution >= 4 is 35.2 Å². The number of hydrogen-bond donors (Lipinski definition) is 0. The molecule has 0 unspecified atom stereocenters. The van der Waals surface area contributed by atoms with Gasteiger partial charge in [0.25, 0.3) is 0 Å². The van der Waals surface area contributed by atoms with Crippen molar-refractivity contribution in [3.63, 3.8) is 0 Å². The molecule has 1 heterocycles. The van der Waals surface area contributed by atoms with Crippen LogP contribution in [0.15, 0.2) is 46.9 Å². The normalized spacial score (nSPS) is 12.4. The van der Waals surface area contributed by atoms with Crippen LogP contribution in [0.1, 0.15) is 0 Å². The monoisotopic (exact) mass is 240 g/mol. The molecular weight excluding hydrogens is 224 g/mol. The summed E-state index contributed by atoms with van der Waals surface area (Å²) in [6, 6.07) is 14.9. The van der Waals surface area contributed by atoms with Gasteiger partial charge in [0.05, 0.1) is 8.07 Å². The molecule has 2 heteroatoms. The van der Waals surface area contributed by atoms with Crippen molar-refractivity contribution in [1.29, 1.82) is 0 Å². The van der Waals surface area contributed by atoms with Crippen LogP contribution in [0.3, 0.4) is 0 Å². The first-order valence-corrected chi connectivity index (χ1v) is 9.47. The number of fused-ring (bicyclic) bond motifs is 3. The molecule has 1 nitrogen and oxygen atoms in total. The van der Waals surface area contributed by atoms with Gasteiger partial charge in [-0.25, -0.2) is 0 Å². The highest BCUT2D eigenvalue weighted by molar-refractivity contribution is 6.88. The molecule has 0 aliphatic heterocycles. The second-order valence-corrected chi connectivity index (χ2v) is 10.6. The maximum atomic E-state index is 5.84. The summed E-state index contributed by atoms with van der Waals surface area (Å²) in [5.41, 5.74) is 1.98. The van der Waals surface area contributed by atoms with Crippen LogP contribution in [0.25, 0.3) is 21.9 Å². The average Bonchev–Trinajstić information content (AvgIpc) is 2.65. The van der Waals surface area contributed by atoms with Crippen LogP contribution in [0.4, 0.5) is 0 Å². The van der Waals surface area contributed by atoms with E-state index < -0.39 is 8.07 Å². The third-order valence-corrected chi connectivity index (χ3v) is 5.29. The molecule has 0 amide bonds. The van der Waals surface area contributed by atoms with Gasteiger partial charge in [-0.2, -0.15) is 0 Å². The molecule has 3 rings (SSSR count). The molecule has 2 aromatic carbocycles. The summed E-state index contributed by atoms with van der Waals surface area (Å²) in [7, 11) is -1.25. The van der Waals surface area contributed by atoms with E-state index in [2.05, 4.69) is 50.0 Å². The number of benzene rings is 2. The maximum Gasteiger partial charge on any atom is 0.135 e. The van der Waals surface area contributed by atoms with Crippen molar-refractivity contribution in [2.24, 2.45) is 0 Å². The van der Waals surface area contributed by atoms with E-state index in [4.69, 9.17) is 4.42 Å². The first kappa shape index (κ1) is 10.6. The minimum atomic E-state index is -1.25. The first-order chi connectivity index (χ1) is 8.05. The van der Waals surface area contributed by atoms with E-state index in [1.54, 1.807) is 0 Å². The molecule has 0 aliphatic carbocycles. The van der Waals surface area contributed by atoms with Crippen LogP contribution in [0, 0.1) is 0 Å². The highest BCUT2D eigenvalue weighted by Crippen LogP contribution is 2.27. The van der Waals surface area contributed by atoms with Crippen LogP contribution in [0.5, 0.6) is 0 Å². The summed E-state index contributed by atoms with van der Waals surface area (Å²) in [6.45, 7) is 7.11. The van der Waals surface area contributed by atoms with Crippen LogP contribution in [-0.2, 0) is 0 Å². The summed E-state index contributed by atoms with van der Waals surface area (Å²) in [6.07, 6.45) is 0. The lowest BCUT2D eigenvalue weighted by Crippen LogP contribution is -2.37. The van der Waals surface area contributed by atoms with E-state index in [0.717, 1.165) is 11.2 Å². The van der Waals surface area contributed by atoms with Crippen LogP contribution in [0.2, 0.25) is 19.6 Å². The molecule has 0 atom stereocenters.